The Balaban J connectivity index is 0.000000203. The highest BCUT2D eigenvalue weighted by atomic mass is 31.2. The molecule has 1 saturated heterocycles. The molecule has 0 aromatic heterocycles. The fourth-order valence-electron chi connectivity index (χ4n) is 0.720. The Kier molecular flexibility index (Phi) is 5.49. The molecule has 0 spiro atoms. The van der Waals surface area contributed by atoms with E-state index < -0.39 is 8.60 Å². The number of hydrogen-bond acceptors (Lipinski definition) is 4. The lowest BCUT2D eigenvalue weighted by atomic mass is 10.3. The molecule has 0 atom stereocenters. The first-order chi connectivity index (χ1) is 6.79. The molecular formula is C9H13O4P. The van der Waals surface area contributed by atoms with Gasteiger partial charge >= 0.3 is 8.60 Å². The lowest BCUT2D eigenvalue weighted by Crippen LogP contribution is -2.09. The molecule has 0 aliphatic carbocycles. The monoisotopic (exact) mass is 216 g/mol. The first kappa shape index (κ1) is 11.4. The van der Waals surface area contributed by atoms with Crippen molar-refractivity contribution in [2.45, 2.75) is 6.42 Å². The molecule has 78 valence electrons. The van der Waals surface area contributed by atoms with Crippen LogP contribution >= 0.6 is 8.60 Å². The Labute approximate surface area is 84.1 Å². The maximum Gasteiger partial charge on any atom is 0.391 e. The molecule has 2 N–H and O–H groups in total. The molecule has 1 aliphatic rings. The molecule has 0 bridgehead atoms. The highest BCUT2D eigenvalue weighted by molar-refractivity contribution is 7.39. The normalized spacial score (nSPS) is 13.9. The minimum absolute atomic E-state index is 0.471. The van der Waals surface area contributed by atoms with Gasteiger partial charge in [-0.05, 0) is 18.6 Å². The van der Waals surface area contributed by atoms with Gasteiger partial charge in [-0.25, -0.2) is 0 Å². The predicted octanol–water partition coefficient (Wildman–Crippen LogP) is 1.68. The van der Waals surface area contributed by atoms with Gasteiger partial charge in [-0.3, -0.25) is 0 Å². The van der Waals surface area contributed by atoms with Crippen LogP contribution in [0.3, 0.4) is 0 Å². The molecule has 0 amide bonds. The quantitative estimate of drug-likeness (QED) is 0.738. The minimum Gasteiger partial charge on any atom is -0.427 e. The lowest BCUT2D eigenvalue weighted by molar-refractivity contribution is 0.0367. The Morgan fingerprint density at radius 3 is 2.00 bits per heavy atom. The van der Waals surface area contributed by atoms with E-state index in [2.05, 4.69) is 4.52 Å². The average Bonchev–Trinajstić information content (AvgIpc) is 2.01. The smallest absolute Gasteiger partial charge is 0.391 e. The summed E-state index contributed by atoms with van der Waals surface area (Å²) in [7, 11) is -2.28. The van der Waals surface area contributed by atoms with E-state index in [1.807, 2.05) is 6.07 Å². The fourth-order valence-corrected chi connectivity index (χ4v) is 1.03. The SMILES string of the molecule is C1COC1.OP(O)Oc1ccccc1. The number of ether oxygens (including phenoxy) is 1. The molecule has 1 aromatic carbocycles. The number of hydrogen-bond donors (Lipinski definition) is 2. The summed E-state index contributed by atoms with van der Waals surface area (Å²) in [4.78, 5) is 16.8. The number of para-hydroxylation sites is 1. The Bertz CT molecular complexity index is 232. The van der Waals surface area contributed by atoms with E-state index in [9.17, 15) is 0 Å². The summed E-state index contributed by atoms with van der Waals surface area (Å²) in [5, 5.41) is 0. The zero-order valence-corrected chi connectivity index (χ0v) is 8.56. The van der Waals surface area contributed by atoms with Gasteiger partial charge < -0.3 is 19.0 Å². The van der Waals surface area contributed by atoms with Gasteiger partial charge in [-0.15, -0.1) is 0 Å². The number of rotatable bonds is 2. The Morgan fingerprint density at radius 2 is 1.64 bits per heavy atom. The van der Waals surface area contributed by atoms with Gasteiger partial charge in [0.25, 0.3) is 0 Å². The largest absolute Gasteiger partial charge is 0.427 e. The van der Waals surface area contributed by atoms with Gasteiger partial charge in [-0.2, -0.15) is 0 Å². The van der Waals surface area contributed by atoms with Crippen LogP contribution in [0, 0.1) is 0 Å². The van der Waals surface area contributed by atoms with Crippen molar-refractivity contribution < 1.29 is 19.0 Å². The molecule has 0 unspecified atom stereocenters. The van der Waals surface area contributed by atoms with Gasteiger partial charge in [-0.1, -0.05) is 18.2 Å². The maximum atomic E-state index is 8.40. The second-order valence-electron chi connectivity index (χ2n) is 2.62. The van der Waals surface area contributed by atoms with Crippen LogP contribution < -0.4 is 4.52 Å². The first-order valence-corrected chi connectivity index (χ1v) is 5.44. The molecule has 0 radical (unpaired) electrons. The van der Waals surface area contributed by atoms with E-state index in [0.29, 0.717) is 5.75 Å². The highest BCUT2D eigenvalue weighted by Gasteiger charge is 1.99. The van der Waals surface area contributed by atoms with Crippen molar-refractivity contribution in [1.82, 2.24) is 0 Å². The molecule has 1 fully saturated rings. The van der Waals surface area contributed by atoms with Gasteiger partial charge in [0.1, 0.15) is 5.75 Å². The van der Waals surface area contributed by atoms with Gasteiger partial charge in [0.2, 0.25) is 0 Å². The predicted molar refractivity (Wildman–Crippen MR) is 53.9 cm³/mol. The molecule has 1 aliphatic heterocycles. The van der Waals surface area contributed by atoms with Crippen LogP contribution in [0.15, 0.2) is 30.3 Å². The number of benzene rings is 1. The van der Waals surface area contributed by atoms with Crippen molar-refractivity contribution in [2.75, 3.05) is 13.2 Å². The second kappa shape index (κ2) is 6.74. The third-order valence-electron chi connectivity index (χ3n) is 1.51. The zero-order valence-electron chi connectivity index (χ0n) is 7.67. The summed E-state index contributed by atoms with van der Waals surface area (Å²) in [6, 6.07) is 8.65. The van der Waals surface area contributed by atoms with Crippen LogP contribution in [0.2, 0.25) is 0 Å². The molecule has 4 nitrogen and oxygen atoms in total. The van der Waals surface area contributed by atoms with E-state index in [1.54, 1.807) is 24.3 Å². The topological polar surface area (TPSA) is 58.9 Å². The van der Waals surface area contributed by atoms with Crippen LogP contribution in [0.5, 0.6) is 5.75 Å². The van der Waals surface area contributed by atoms with E-state index in [0.717, 1.165) is 13.2 Å². The van der Waals surface area contributed by atoms with Crippen molar-refractivity contribution in [3.63, 3.8) is 0 Å². The summed E-state index contributed by atoms with van der Waals surface area (Å²) in [5.41, 5.74) is 0. The van der Waals surface area contributed by atoms with E-state index in [-0.39, 0.29) is 0 Å². The summed E-state index contributed by atoms with van der Waals surface area (Å²) < 4.78 is 9.31. The van der Waals surface area contributed by atoms with Gasteiger partial charge in [0.15, 0.2) is 0 Å². The summed E-state index contributed by atoms with van der Waals surface area (Å²) >= 11 is 0. The molecule has 14 heavy (non-hydrogen) atoms. The summed E-state index contributed by atoms with van der Waals surface area (Å²) in [6.07, 6.45) is 1.28. The summed E-state index contributed by atoms with van der Waals surface area (Å²) in [5.74, 6) is 0.471. The van der Waals surface area contributed by atoms with Crippen LogP contribution in [0.25, 0.3) is 0 Å². The van der Waals surface area contributed by atoms with Crippen LogP contribution in [0.1, 0.15) is 6.42 Å². The fraction of sp³-hybridized carbons (Fsp3) is 0.333. The van der Waals surface area contributed by atoms with Crippen LogP contribution in [0.4, 0.5) is 0 Å². The first-order valence-electron chi connectivity index (χ1n) is 4.27. The van der Waals surface area contributed by atoms with Crippen LogP contribution in [-0.2, 0) is 4.74 Å². The molecule has 1 heterocycles. The maximum absolute atomic E-state index is 8.40. The molecular weight excluding hydrogens is 203 g/mol. The van der Waals surface area contributed by atoms with Crippen molar-refractivity contribution >= 4 is 8.60 Å². The lowest BCUT2D eigenvalue weighted by Gasteiger charge is -2.09. The average molecular weight is 216 g/mol. The molecule has 2 rings (SSSR count). The van der Waals surface area contributed by atoms with E-state index in [4.69, 9.17) is 14.5 Å². The van der Waals surface area contributed by atoms with E-state index in [1.165, 1.54) is 6.42 Å². The zero-order chi connectivity index (χ0) is 10.2. The van der Waals surface area contributed by atoms with Gasteiger partial charge in [0.05, 0.1) is 0 Å². The van der Waals surface area contributed by atoms with Crippen molar-refractivity contribution in [3.8, 4) is 5.75 Å². The third kappa shape index (κ3) is 5.14. The van der Waals surface area contributed by atoms with Crippen molar-refractivity contribution in [3.05, 3.63) is 30.3 Å². The molecule has 5 heteroatoms. The van der Waals surface area contributed by atoms with Crippen LogP contribution in [-0.4, -0.2) is 23.0 Å². The standard InChI is InChI=1S/C6H7O3P.C3H6O/c7-10(8)9-6-4-2-1-3-5-6;1-2-4-3-1/h1-5,7-8H;1-3H2. The Morgan fingerprint density at radius 1 is 1.14 bits per heavy atom. The molecule has 0 saturated carbocycles. The second-order valence-corrected chi connectivity index (χ2v) is 3.31. The summed E-state index contributed by atoms with van der Waals surface area (Å²) in [6.45, 7) is 2.00. The minimum atomic E-state index is -2.28. The molecule has 1 aromatic rings. The van der Waals surface area contributed by atoms with Crippen molar-refractivity contribution in [1.29, 1.82) is 0 Å². The van der Waals surface area contributed by atoms with E-state index >= 15 is 0 Å². The Hall–Kier alpha value is -0.670. The third-order valence-corrected chi connectivity index (χ3v) is 1.88. The highest BCUT2D eigenvalue weighted by Crippen LogP contribution is 2.27. The van der Waals surface area contributed by atoms with Gasteiger partial charge in [0, 0.05) is 13.2 Å². The van der Waals surface area contributed by atoms with Crippen molar-refractivity contribution in [2.24, 2.45) is 0 Å².